The number of ketones is 1. The molecule has 0 bridgehead atoms. The molecule has 0 radical (unpaired) electrons. The summed E-state index contributed by atoms with van der Waals surface area (Å²) < 4.78 is 45.9. The molecule has 38 heavy (non-hydrogen) atoms. The van der Waals surface area contributed by atoms with Gasteiger partial charge < -0.3 is 20.2 Å². The van der Waals surface area contributed by atoms with Crippen molar-refractivity contribution in [1.29, 1.82) is 0 Å². The lowest BCUT2D eigenvalue weighted by atomic mass is 9.88. The molecule has 0 amide bonds. The fourth-order valence-corrected chi connectivity index (χ4v) is 4.48. The summed E-state index contributed by atoms with van der Waals surface area (Å²) in [4.78, 5) is 36.1. The Morgan fingerprint density at radius 3 is 2.34 bits per heavy atom. The van der Waals surface area contributed by atoms with Gasteiger partial charge in [0.2, 0.25) is 0 Å². The number of nitrogens with one attached hydrogen (secondary N) is 1. The second-order valence-electron chi connectivity index (χ2n) is 9.63. The van der Waals surface area contributed by atoms with E-state index >= 15 is 0 Å². The minimum absolute atomic E-state index is 0.0887. The van der Waals surface area contributed by atoms with E-state index in [1.54, 1.807) is 0 Å². The first kappa shape index (κ1) is 29.6. The number of hydrogen-bond donors (Lipinski definition) is 2. The van der Waals surface area contributed by atoms with Crippen LogP contribution >= 0.6 is 11.6 Å². The molecule has 2 aliphatic rings. The molecule has 2 N–H and O–H groups in total. The molecule has 2 aromatic rings. The Kier molecular flexibility index (Phi) is 9.53. The van der Waals surface area contributed by atoms with Gasteiger partial charge in [-0.15, -0.1) is 0 Å². The molecule has 13 heteroatoms. The number of benzene rings is 1. The third-order valence-corrected chi connectivity index (χ3v) is 6.44. The third-order valence-electron chi connectivity index (χ3n) is 6.21. The molecule has 0 unspecified atom stereocenters. The molecule has 2 aliphatic heterocycles. The van der Waals surface area contributed by atoms with E-state index in [0.29, 0.717) is 31.0 Å². The van der Waals surface area contributed by atoms with Gasteiger partial charge in [0.1, 0.15) is 5.82 Å². The molecule has 0 spiro atoms. The Bertz CT molecular complexity index is 1170. The van der Waals surface area contributed by atoms with Crippen LogP contribution in [0.4, 0.5) is 29.2 Å². The van der Waals surface area contributed by atoms with Crippen molar-refractivity contribution in [3.8, 4) is 0 Å². The average Bonchev–Trinajstić information content (AvgIpc) is 2.84. The van der Waals surface area contributed by atoms with Gasteiger partial charge in [0.05, 0.1) is 17.0 Å². The van der Waals surface area contributed by atoms with Crippen molar-refractivity contribution in [2.75, 3.05) is 36.9 Å². The normalized spacial score (nSPS) is 16.5. The number of fused-ring (bicyclic) bond motifs is 1. The molecule has 8 nitrogen and oxygen atoms in total. The van der Waals surface area contributed by atoms with Gasteiger partial charge in [-0.3, -0.25) is 4.79 Å². The van der Waals surface area contributed by atoms with Crippen LogP contribution in [-0.4, -0.2) is 70.6 Å². The van der Waals surface area contributed by atoms with Crippen LogP contribution in [-0.2, 0) is 17.8 Å². The minimum Gasteiger partial charge on any atom is -0.475 e. The van der Waals surface area contributed by atoms with E-state index in [1.165, 1.54) is 18.2 Å². The highest BCUT2D eigenvalue weighted by Crippen LogP contribution is 2.32. The lowest BCUT2D eigenvalue weighted by Gasteiger charge is -2.34. The number of alkyl halides is 3. The number of hydrogen-bond acceptors (Lipinski definition) is 7. The van der Waals surface area contributed by atoms with Crippen LogP contribution in [0, 0.1) is 11.7 Å². The number of carboxylic acids is 1. The highest BCUT2D eigenvalue weighted by Gasteiger charge is 2.38. The first-order chi connectivity index (χ1) is 17.8. The number of Topliss-reactive ketones (excluding diaryl/α,β-unsaturated/α-hetero) is 1. The smallest absolute Gasteiger partial charge is 0.475 e. The molecule has 3 heterocycles. The highest BCUT2D eigenvalue weighted by atomic mass is 35.5. The number of anilines is 2. The third kappa shape index (κ3) is 7.53. The molecule has 1 aromatic heterocycles. The van der Waals surface area contributed by atoms with Gasteiger partial charge in [0, 0.05) is 49.6 Å². The number of likely N-dealkylation sites (N-methyl/N-ethyl adjacent to an activating group) is 1. The Morgan fingerprint density at radius 1 is 1.13 bits per heavy atom. The zero-order chi connectivity index (χ0) is 28.2. The van der Waals surface area contributed by atoms with Crippen LogP contribution < -0.4 is 10.2 Å². The van der Waals surface area contributed by atoms with Crippen LogP contribution in [0.1, 0.15) is 48.4 Å². The summed E-state index contributed by atoms with van der Waals surface area (Å²) >= 11 is 5.98. The highest BCUT2D eigenvalue weighted by molar-refractivity contribution is 6.31. The number of carbonyl (C=O) groups is 2. The van der Waals surface area contributed by atoms with E-state index in [2.05, 4.69) is 36.0 Å². The van der Waals surface area contributed by atoms with E-state index in [0.717, 1.165) is 42.5 Å². The predicted octanol–water partition coefficient (Wildman–Crippen LogP) is 4.81. The monoisotopic (exact) mass is 559 g/mol. The Labute approximate surface area is 223 Å². The van der Waals surface area contributed by atoms with Crippen molar-refractivity contribution in [2.24, 2.45) is 5.92 Å². The molecule has 4 rings (SSSR count). The van der Waals surface area contributed by atoms with Crippen LogP contribution in [0.2, 0.25) is 5.02 Å². The van der Waals surface area contributed by atoms with E-state index in [9.17, 15) is 22.4 Å². The van der Waals surface area contributed by atoms with Gasteiger partial charge >= 0.3 is 12.1 Å². The maximum absolute atomic E-state index is 14.2. The maximum atomic E-state index is 14.2. The second-order valence-corrected chi connectivity index (χ2v) is 10.1. The van der Waals surface area contributed by atoms with Crippen LogP contribution in [0.25, 0.3) is 0 Å². The van der Waals surface area contributed by atoms with Crippen LogP contribution in [0.5, 0.6) is 0 Å². The summed E-state index contributed by atoms with van der Waals surface area (Å²) in [6.45, 7) is 7.30. The summed E-state index contributed by atoms with van der Waals surface area (Å²) in [7, 11) is 2.10. The second kappa shape index (κ2) is 12.2. The molecule has 208 valence electrons. The number of rotatable bonds is 5. The van der Waals surface area contributed by atoms with E-state index in [-0.39, 0.29) is 23.3 Å². The van der Waals surface area contributed by atoms with Crippen molar-refractivity contribution < 1.29 is 32.3 Å². The van der Waals surface area contributed by atoms with E-state index < -0.39 is 18.0 Å². The quantitative estimate of drug-likeness (QED) is 0.398. The van der Waals surface area contributed by atoms with Crippen LogP contribution in [0.15, 0.2) is 18.2 Å². The van der Waals surface area contributed by atoms with Crippen LogP contribution in [0.3, 0.4) is 0 Å². The van der Waals surface area contributed by atoms with Crippen molar-refractivity contribution in [1.82, 2.24) is 14.9 Å². The van der Waals surface area contributed by atoms with Gasteiger partial charge in [-0.1, -0.05) is 11.6 Å². The van der Waals surface area contributed by atoms with E-state index in [4.69, 9.17) is 31.5 Å². The van der Waals surface area contributed by atoms with Crippen molar-refractivity contribution in [3.05, 3.63) is 46.0 Å². The topological polar surface area (TPSA) is 98.7 Å². The predicted molar refractivity (Wildman–Crippen MR) is 135 cm³/mol. The lowest BCUT2D eigenvalue weighted by Crippen LogP contribution is -2.38. The number of aromatic nitrogens is 2. The summed E-state index contributed by atoms with van der Waals surface area (Å²) in [6, 6.07) is 4.39. The first-order valence-corrected chi connectivity index (χ1v) is 12.5. The van der Waals surface area contributed by atoms with Crippen molar-refractivity contribution >= 4 is 35.0 Å². The Morgan fingerprint density at radius 2 is 1.76 bits per heavy atom. The SMILES string of the molecule is CC(C)Nc1nc2c(nc1N1CCC(C(=O)c3cc(Cl)ccc3F)CC1)CCN(C)C2.O=C(O)C(F)(F)F. The fraction of sp³-hybridized carbons (Fsp3) is 0.520. The Hall–Kier alpha value is -2.99. The number of piperidine rings is 1. The average molecular weight is 560 g/mol. The molecule has 1 fully saturated rings. The summed E-state index contributed by atoms with van der Waals surface area (Å²) in [5, 5.41) is 10.9. The van der Waals surface area contributed by atoms with Gasteiger partial charge in [0.15, 0.2) is 17.4 Å². The summed E-state index contributed by atoms with van der Waals surface area (Å²) in [5.41, 5.74) is 2.18. The van der Waals surface area contributed by atoms with Gasteiger partial charge in [-0.25, -0.2) is 19.2 Å². The molecular formula is C25H30ClF4N5O3. The number of carboxylic acid groups (broad SMARTS) is 1. The molecular weight excluding hydrogens is 530 g/mol. The number of halogens is 5. The maximum Gasteiger partial charge on any atom is 0.490 e. The number of aliphatic carboxylic acids is 1. The number of carbonyl (C=O) groups excluding carboxylic acids is 1. The Balaban J connectivity index is 0.000000505. The fourth-order valence-electron chi connectivity index (χ4n) is 4.30. The number of nitrogens with zero attached hydrogens (tertiary/aromatic N) is 4. The minimum atomic E-state index is -5.08. The molecule has 0 saturated carbocycles. The van der Waals surface area contributed by atoms with E-state index in [1.807, 2.05) is 0 Å². The standard InChI is InChI=1S/C23H29ClFN5O.C2HF3O2/c1-14(2)26-22-23(28-19-8-9-29(3)13-20(19)27-22)30-10-6-15(7-11-30)21(31)17-12-16(24)4-5-18(17)25;3-2(4,5)1(6)7/h4-5,12,14-15H,6-11,13H2,1-3H3,(H,26,27);(H,6,7). The zero-order valence-corrected chi connectivity index (χ0v) is 22.0. The largest absolute Gasteiger partial charge is 0.490 e. The first-order valence-electron chi connectivity index (χ1n) is 12.2. The summed E-state index contributed by atoms with van der Waals surface area (Å²) in [6.07, 6.45) is -2.91. The molecule has 1 aromatic carbocycles. The van der Waals surface area contributed by atoms with Crippen molar-refractivity contribution in [2.45, 2.75) is 51.9 Å². The van der Waals surface area contributed by atoms with Gasteiger partial charge in [0.25, 0.3) is 0 Å². The molecule has 0 atom stereocenters. The van der Waals surface area contributed by atoms with Gasteiger partial charge in [-0.2, -0.15) is 13.2 Å². The molecule has 0 aliphatic carbocycles. The van der Waals surface area contributed by atoms with Crippen molar-refractivity contribution in [3.63, 3.8) is 0 Å². The summed E-state index contributed by atoms with van der Waals surface area (Å²) in [5.74, 6) is -1.99. The van der Waals surface area contributed by atoms with Gasteiger partial charge in [-0.05, 0) is 51.9 Å². The zero-order valence-electron chi connectivity index (χ0n) is 21.3. The lowest BCUT2D eigenvalue weighted by molar-refractivity contribution is -0.192. The molecule has 1 saturated heterocycles.